The third-order valence-electron chi connectivity index (χ3n) is 5.86. The Labute approximate surface area is 172 Å². The molecule has 0 unspecified atom stereocenters. The summed E-state index contributed by atoms with van der Waals surface area (Å²) in [5.74, 6) is -0.413. The van der Waals surface area contributed by atoms with E-state index in [0.717, 1.165) is 38.5 Å². The number of likely N-dealkylation sites (tertiary alicyclic amines) is 1. The van der Waals surface area contributed by atoms with Crippen LogP contribution in [0, 0.1) is 5.92 Å². The maximum Gasteiger partial charge on any atom is 0.251 e. The maximum atomic E-state index is 12.9. The molecular formula is C22H31N3O4. The van der Waals surface area contributed by atoms with E-state index in [0.29, 0.717) is 18.7 Å². The number of ether oxygens (including phenoxy) is 1. The van der Waals surface area contributed by atoms with Crippen LogP contribution in [0.15, 0.2) is 30.3 Å². The maximum absolute atomic E-state index is 12.9. The molecular weight excluding hydrogens is 370 g/mol. The van der Waals surface area contributed by atoms with Gasteiger partial charge in [0.15, 0.2) is 0 Å². The summed E-state index contributed by atoms with van der Waals surface area (Å²) in [6, 6.07) is 9.00. The smallest absolute Gasteiger partial charge is 0.251 e. The van der Waals surface area contributed by atoms with Crippen LogP contribution in [0.2, 0.25) is 0 Å². The first-order chi connectivity index (χ1) is 14.1. The van der Waals surface area contributed by atoms with Crippen molar-refractivity contribution in [2.45, 2.75) is 50.6 Å². The number of carbonyl (C=O) groups excluding carboxylic acids is 3. The summed E-state index contributed by atoms with van der Waals surface area (Å²) >= 11 is 0. The number of rotatable bonds is 6. The standard InChI is InChI=1S/C22H31N3O4/c1-29-15-20(26)25-13-7-10-17(14-25)22(28)24-19-12-6-5-11-18(19)23-21(27)16-8-3-2-4-9-16/h2-4,8-9,17-19H,5-7,10-15H2,1H3,(H,23,27)(H,24,28)/t17-,18+,19+/m0/s1. The summed E-state index contributed by atoms with van der Waals surface area (Å²) in [5, 5.41) is 6.27. The quantitative estimate of drug-likeness (QED) is 0.760. The van der Waals surface area contributed by atoms with Gasteiger partial charge >= 0.3 is 0 Å². The van der Waals surface area contributed by atoms with Crippen molar-refractivity contribution in [3.63, 3.8) is 0 Å². The van der Waals surface area contributed by atoms with Crippen LogP contribution >= 0.6 is 0 Å². The van der Waals surface area contributed by atoms with Gasteiger partial charge in [0.25, 0.3) is 5.91 Å². The molecule has 3 atom stereocenters. The van der Waals surface area contributed by atoms with Crippen LogP contribution in [-0.2, 0) is 14.3 Å². The molecule has 0 spiro atoms. The predicted molar refractivity (Wildman–Crippen MR) is 109 cm³/mol. The molecule has 7 heteroatoms. The van der Waals surface area contributed by atoms with Gasteiger partial charge < -0.3 is 20.3 Å². The van der Waals surface area contributed by atoms with Gasteiger partial charge in [0.05, 0.1) is 5.92 Å². The van der Waals surface area contributed by atoms with Gasteiger partial charge in [0.2, 0.25) is 11.8 Å². The van der Waals surface area contributed by atoms with Gasteiger partial charge in [-0.2, -0.15) is 0 Å². The highest BCUT2D eigenvalue weighted by Gasteiger charge is 2.33. The molecule has 1 aliphatic carbocycles. The second kappa shape index (κ2) is 10.4. The monoisotopic (exact) mass is 401 g/mol. The Hall–Kier alpha value is -2.41. The molecule has 0 radical (unpaired) electrons. The molecule has 1 aromatic rings. The largest absolute Gasteiger partial charge is 0.375 e. The van der Waals surface area contributed by atoms with Crippen LogP contribution in [0.3, 0.4) is 0 Å². The van der Waals surface area contributed by atoms with Crippen LogP contribution in [0.1, 0.15) is 48.9 Å². The van der Waals surface area contributed by atoms with Crippen LogP contribution in [0.5, 0.6) is 0 Å². The zero-order chi connectivity index (χ0) is 20.6. The molecule has 1 saturated heterocycles. The second-order valence-electron chi connectivity index (χ2n) is 7.96. The minimum absolute atomic E-state index is 0.0224. The topological polar surface area (TPSA) is 87.7 Å². The SMILES string of the molecule is COCC(=O)N1CCC[C@H](C(=O)N[C@@H]2CCCC[C@H]2NC(=O)c2ccccc2)C1. The molecule has 1 aliphatic heterocycles. The van der Waals surface area contributed by atoms with E-state index in [1.807, 2.05) is 18.2 Å². The van der Waals surface area contributed by atoms with Crippen molar-refractivity contribution in [2.75, 3.05) is 26.8 Å². The van der Waals surface area contributed by atoms with Gasteiger partial charge in [-0.3, -0.25) is 14.4 Å². The number of nitrogens with one attached hydrogen (secondary N) is 2. The number of amides is 3. The molecule has 3 amide bonds. The first kappa shape index (κ1) is 21.3. The van der Waals surface area contributed by atoms with Gasteiger partial charge in [0.1, 0.15) is 6.61 Å². The third-order valence-corrected chi connectivity index (χ3v) is 5.86. The minimum Gasteiger partial charge on any atom is -0.375 e. The Kier molecular flexibility index (Phi) is 7.63. The van der Waals surface area contributed by atoms with Crippen molar-refractivity contribution < 1.29 is 19.1 Å². The lowest BCUT2D eigenvalue weighted by atomic mass is 9.88. The summed E-state index contributed by atoms with van der Waals surface area (Å²) < 4.78 is 4.93. The van der Waals surface area contributed by atoms with Crippen molar-refractivity contribution in [2.24, 2.45) is 5.92 Å². The Morgan fingerprint density at radius 1 is 1.00 bits per heavy atom. The molecule has 29 heavy (non-hydrogen) atoms. The van der Waals surface area contributed by atoms with Crippen molar-refractivity contribution in [1.29, 1.82) is 0 Å². The Bertz CT molecular complexity index is 709. The molecule has 2 fully saturated rings. The van der Waals surface area contributed by atoms with E-state index in [-0.39, 0.29) is 42.3 Å². The van der Waals surface area contributed by atoms with E-state index in [1.54, 1.807) is 17.0 Å². The highest BCUT2D eigenvalue weighted by atomic mass is 16.5. The Balaban J connectivity index is 1.57. The molecule has 1 saturated carbocycles. The highest BCUT2D eigenvalue weighted by molar-refractivity contribution is 5.94. The lowest BCUT2D eigenvalue weighted by Crippen LogP contribution is -2.55. The summed E-state index contributed by atoms with van der Waals surface area (Å²) in [6.07, 6.45) is 5.36. The molecule has 158 valence electrons. The zero-order valence-corrected chi connectivity index (χ0v) is 17.1. The molecule has 0 bridgehead atoms. The lowest BCUT2D eigenvalue weighted by molar-refractivity contribution is -0.139. The van der Waals surface area contributed by atoms with Crippen molar-refractivity contribution >= 4 is 17.7 Å². The summed E-state index contributed by atoms with van der Waals surface area (Å²) in [4.78, 5) is 39.2. The zero-order valence-electron chi connectivity index (χ0n) is 17.1. The summed E-state index contributed by atoms with van der Waals surface area (Å²) in [7, 11) is 1.50. The fourth-order valence-electron chi connectivity index (χ4n) is 4.25. The normalized spacial score (nSPS) is 24.6. The van der Waals surface area contributed by atoms with Gasteiger partial charge in [-0.1, -0.05) is 31.0 Å². The highest BCUT2D eigenvalue weighted by Crippen LogP contribution is 2.22. The van der Waals surface area contributed by atoms with Crippen molar-refractivity contribution in [3.8, 4) is 0 Å². The number of benzene rings is 1. The fourth-order valence-corrected chi connectivity index (χ4v) is 4.25. The number of piperidine rings is 1. The number of carbonyl (C=O) groups is 3. The average molecular weight is 402 g/mol. The second-order valence-corrected chi connectivity index (χ2v) is 7.96. The number of methoxy groups -OCH3 is 1. The molecule has 3 rings (SSSR count). The van der Waals surface area contributed by atoms with E-state index in [2.05, 4.69) is 10.6 Å². The van der Waals surface area contributed by atoms with Crippen LogP contribution < -0.4 is 10.6 Å². The number of hydrogen-bond acceptors (Lipinski definition) is 4. The van der Waals surface area contributed by atoms with Crippen LogP contribution in [-0.4, -0.2) is 61.5 Å². The van der Waals surface area contributed by atoms with Gasteiger partial charge in [0, 0.05) is 37.8 Å². The van der Waals surface area contributed by atoms with E-state index in [9.17, 15) is 14.4 Å². The summed E-state index contributed by atoms with van der Waals surface area (Å²) in [5.41, 5.74) is 0.628. The van der Waals surface area contributed by atoms with E-state index < -0.39 is 0 Å². The molecule has 1 heterocycles. The van der Waals surface area contributed by atoms with Crippen LogP contribution in [0.4, 0.5) is 0 Å². The van der Waals surface area contributed by atoms with Crippen molar-refractivity contribution in [3.05, 3.63) is 35.9 Å². The molecule has 2 N–H and O–H groups in total. The Morgan fingerprint density at radius 2 is 1.69 bits per heavy atom. The molecule has 2 aliphatic rings. The number of hydrogen-bond donors (Lipinski definition) is 2. The van der Waals surface area contributed by atoms with Gasteiger partial charge in [-0.05, 0) is 37.8 Å². The molecule has 7 nitrogen and oxygen atoms in total. The third kappa shape index (κ3) is 5.79. The molecule has 1 aromatic carbocycles. The lowest BCUT2D eigenvalue weighted by Gasteiger charge is -2.36. The average Bonchev–Trinajstić information content (AvgIpc) is 2.76. The summed E-state index contributed by atoms with van der Waals surface area (Å²) in [6.45, 7) is 1.15. The fraction of sp³-hybridized carbons (Fsp3) is 0.591. The van der Waals surface area contributed by atoms with E-state index in [1.165, 1.54) is 7.11 Å². The first-order valence-corrected chi connectivity index (χ1v) is 10.5. The first-order valence-electron chi connectivity index (χ1n) is 10.5. The predicted octanol–water partition coefficient (Wildman–Crippen LogP) is 1.73. The van der Waals surface area contributed by atoms with E-state index >= 15 is 0 Å². The minimum atomic E-state index is -0.211. The van der Waals surface area contributed by atoms with E-state index in [4.69, 9.17) is 4.74 Å². The van der Waals surface area contributed by atoms with Crippen molar-refractivity contribution in [1.82, 2.24) is 15.5 Å². The van der Waals surface area contributed by atoms with Gasteiger partial charge in [-0.25, -0.2) is 0 Å². The Morgan fingerprint density at radius 3 is 2.38 bits per heavy atom. The molecule has 0 aromatic heterocycles. The van der Waals surface area contributed by atoms with Gasteiger partial charge in [-0.15, -0.1) is 0 Å². The number of nitrogens with zero attached hydrogens (tertiary/aromatic N) is 1. The van der Waals surface area contributed by atoms with Crippen LogP contribution in [0.25, 0.3) is 0 Å².